The number of hydrogen-bond acceptors (Lipinski definition) is 2. The van der Waals surface area contributed by atoms with E-state index < -0.39 is 0 Å². The summed E-state index contributed by atoms with van der Waals surface area (Å²) in [5, 5.41) is 9.15. The van der Waals surface area contributed by atoms with Crippen LogP contribution in [0.25, 0.3) is 0 Å². The van der Waals surface area contributed by atoms with Crippen molar-refractivity contribution in [1.29, 1.82) is 0 Å². The Kier molecular flexibility index (Phi) is 2.13. The van der Waals surface area contributed by atoms with E-state index in [0.29, 0.717) is 6.04 Å². The summed E-state index contributed by atoms with van der Waals surface area (Å²) in [5.74, 6) is 1.74. The molecule has 12 heavy (non-hydrogen) atoms. The van der Waals surface area contributed by atoms with E-state index in [2.05, 4.69) is 18.7 Å². The maximum atomic E-state index is 9.15. The lowest BCUT2D eigenvalue weighted by Crippen LogP contribution is -2.55. The van der Waals surface area contributed by atoms with E-state index in [9.17, 15) is 0 Å². The highest BCUT2D eigenvalue weighted by atomic mass is 16.3. The third kappa shape index (κ3) is 1.38. The van der Waals surface area contributed by atoms with Crippen molar-refractivity contribution in [2.24, 2.45) is 11.8 Å². The molecule has 1 heterocycles. The zero-order chi connectivity index (χ0) is 8.72. The molecule has 2 fully saturated rings. The second-order valence-electron chi connectivity index (χ2n) is 4.69. The Morgan fingerprint density at radius 1 is 1.17 bits per heavy atom. The van der Waals surface area contributed by atoms with Crippen LogP contribution in [0.2, 0.25) is 0 Å². The first kappa shape index (κ1) is 8.52. The van der Waals surface area contributed by atoms with Gasteiger partial charge in [0.15, 0.2) is 0 Å². The van der Waals surface area contributed by atoms with Gasteiger partial charge in [0.05, 0.1) is 6.10 Å². The molecule has 0 unspecified atom stereocenters. The molecule has 0 spiro atoms. The van der Waals surface area contributed by atoms with E-state index in [4.69, 9.17) is 5.11 Å². The molecule has 2 rings (SSSR count). The van der Waals surface area contributed by atoms with Crippen molar-refractivity contribution in [1.82, 2.24) is 4.90 Å². The average molecular weight is 169 g/mol. The van der Waals surface area contributed by atoms with Crippen molar-refractivity contribution in [3.8, 4) is 0 Å². The summed E-state index contributed by atoms with van der Waals surface area (Å²) in [6.07, 6.45) is 2.16. The minimum absolute atomic E-state index is 0.0306. The van der Waals surface area contributed by atoms with Crippen LogP contribution in [0.15, 0.2) is 0 Å². The minimum atomic E-state index is 0.0306. The largest absolute Gasteiger partial charge is 0.393 e. The summed E-state index contributed by atoms with van der Waals surface area (Å²) in [6.45, 7) is 7.06. The van der Waals surface area contributed by atoms with E-state index in [1.807, 2.05) is 0 Å². The zero-order valence-corrected chi connectivity index (χ0v) is 8.03. The van der Waals surface area contributed by atoms with Crippen LogP contribution in [0.3, 0.4) is 0 Å². The Morgan fingerprint density at radius 2 is 1.75 bits per heavy atom. The summed E-state index contributed by atoms with van der Waals surface area (Å²) in [5.41, 5.74) is 0. The van der Waals surface area contributed by atoms with Crippen molar-refractivity contribution < 1.29 is 5.11 Å². The van der Waals surface area contributed by atoms with Crippen molar-refractivity contribution in [2.75, 3.05) is 13.1 Å². The molecule has 0 bridgehead atoms. The average Bonchev–Trinajstić information content (AvgIpc) is 1.79. The van der Waals surface area contributed by atoms with Gasteiger partial charge in [-0.1, -0.05) is 0 Å². The lowest BCUT2D eigenvalue weighted by molar-refractivity contribution is -0.0492. The molecule has 1 saturated carbocycles. The summed E-state index contributed by atoms with van der Waals surface area (Å²) >= 11 is 0. The quantitative estimate of drug-likeness (QED) is 0.669. The van der Waals surface area contributed by atoms with Gasteiger partial charge in [-0.05, 0) is 38.5 Å². The molecule has 2 nitrogen and oxygen atoms in total. The highest BCUT2D eigenvalue weighted by molar-refractivity contribution is 4.92. The molecule has 0 radical (unpaired) electrons. The molecule has 1 saturated heterocycles. The van der Waals surface area contributed by atoms with Crippen LogP contribution in [0.5, 0.6) is 0 Å². The van der Waals surface area contributed by atoms with Gasteiger partial charge in [0, 0.05) is 19.1 Å². The molecule has 2 heteroatoms. The maximum Gasteiger partial charge on any atom is 0.0545 e. The molecular formula is C10H19NO. The Balaban J connectivity index is 1.68. The molecule has 1 aliphatic heterocycles. The second-order valence-corrected chi connectivity index (χ2v) is 4.69. The maximum absolute atomic E-state index is 9.15. The molecule has 0 aromatic carbocycles. The number of aliphatic hydroxyl groups is 1. The first-order chi connectivity index (χ1) is 5.66. The van der Waals surface area contributed by atoms with Gasteiger partial charge in [-0.25, -0.2) is 0 Å². The fraction of sp³-hybridized carbons (Fsp3) is 1.00. The Morgan fingerprint density at radius 3 is 2.17 bits per heavy atom. The molecule has 0 atom stereocenters. The molecule has 1 N–H and O–H groups in total. The predicted octanol–water partition coefficient (Wildman–Crippen LogP) is 1.10. The second kappa shape index (κ2) is 3.00. The number of rotatable bonds is 2. The number of aliphatic hydroxyl groups excluding tert-OH is 1. The van der Waals surface area contributed by atoms with Gasteiger partial charge in [0.25, 0.3) is 0 Å². The molecule has 1 aliphatic carbocycles. The standard InChI is InChI=1S/C10H19NO/c1-7(2)11-5-9(6-11)8-3-10(12)4-8/h7-10,12H,3-6H2,1-2H3. The van der Waals surface area contributed by atoms with Crippen LogP contribution in [0, 0.1) is 11.8 Å². The fourth-order valence-corrected chi connectivity index (χ4v) is 2.28. The van der Waals surface area contributed by atoms with Gasteiger partial charge in [-0.15, -0.1) is 0 Å². The molecule has 70 valence electrons. The third-order valence-corrected chi connectivity index (χ3v) is 3.48. The van der Waals surface area contributed by atoms with Crippen molar-refractivity contribution >= 4 is 0 Å². The van der Waals surface area contributed by atoms with Crippen LogP contribution < -0.4 is 0 Å². The van der Waals surface area contributed by atoms with Crippen LogP contribution >= 0.6 is 0 Å². The predicted molar refractivity (Wildman–Crippen MR) is 48.9 cm³/mol. The van der Waals surface area contributed by atoms with Crippen LogP contribution in [0.1, 0.15) is 26.7 Å². The SMILES string of the molecule is CC(C)N1CC(C2CC(O)C2)C1. The first-order valence-electron chi connectivity index (χ1n) is 5.09. The molecule has 0 aromatic rings. The van der Waals surface area contributed by atoms with E-state index in [0.717, 1.165) is 24.7 Å². The fourth-order valence-electron chi connectivity index (χ4n) is 2.28. The summed E-state index contributed by atoms with van der Waals surface area (Å²) in [4.78, 5) is 2.51. The van der Waals surface area contributed by atoms with Crippen molar-refractivity contribution in [3.05, 3.63) is 0 Å². The van der Waals surface area contributed by atoms with Crippen LogP contribution in [-0.4, -0.2) is 35.2 Å². The normalized spacial score (nSPS) is 38.0. The van der Waals surface area contributed by atoms with E-state index >= 15 is 0 Å². The lowest BCUT2D eigenvalue weighted by Gasteiger charge is -2.49. The van der Waals surface area contributed by atoms with Crippen LogP contribution in [-0.2, 0) is 0 Å². The highest BCUT2D eigenvalue weighted by Crippen LogP contribution is 2.38. The van der Waals surface area contributed by atoms with E-state index in [-0.39, 0.29) is 6.10 Å². The van der Waals surface area contributed by atoms with Gasteiger partial charge >= 0.3 is 0 Å². The smallest absolute Gasteiger partial charge is 0.0545 e. The zero-order valence-electron chi connectivity index (χ0n) is 8.03. The van der Waals surface area contributed by atoms with Gasteiger partial charge in [-0.2, -0.15) is 0 Å². The van der Waals surface area contributed by atoms with Crippen molar-refractivity contribution in [2.45, 2.75) is 38.8 Å². The first-order valence-corrected chi connectivity index (χ1v) is 5.09. The topological polar surface area (TPSA) is 23.5 Å². The molecular weight excluding hydrogens is 150 g/mol. The summed E-state index contributed by atoms with van der Waals surface area (Å²) in [7, 11) is 0. The Bertz CT molecular complexity index is 157. The van der Waals surface area contributed by atoms with E-state index in [1.54, 1.807) is 0 Å². The van der Waals surface area contributed by atoms with Crippen molar-refractivity contribution in [3.63, 3.8) is 0 Å². The van der Waals surface area contributed by atoms with Gasteiger partial charge in [0.1, 0.15) is 0 Å². The van der Waals surface area contributed by atoms with Gasteiger partial charge < -0.3 is 10.0 Å². The summed E-state index contributed by atoms with van der Waals surface area (Å²) < 4.78 is 0. The minimum Gasteiger partial charge on any atom is -0.393 e. The monoisotopic (exact) mass is 169 g/mol. The third-order valence-electron chi connectivity index (χ3n) is 3.48. The lowest BCUT2D eigenvalue weighted by atomic mass is 9.70. The highest BCUT2D eigenvalue weighted by Gasteiger charge is 2.40. The molecule has 0 aromatic heterocycles. The number of likely N-dealkylation sites (tertiary alicyclic amines) is 1. The van der Waals surface area contributed by atoms with Gasteiger partial charge in [0.2, 0.25) is 0 Å². The number of nitrogens with zero attached hydrogens (tertiary/aromatic N) is 1. The summed E-state index contributed by atoms with van der Waals surface area (Å²) in [6, 6.07) is 0.714. The molecule has 0 amide bonds. The Hall–Kier alpha value is -0.0800. The number of hydrogen-bond donors (Lipinski definition) is 1. The Labute approximate surface area is 74.6 Å². The van der Waals surface area contributed by atoms with E-state index in [1.165, 1.54) is 13.1 Å². The van der Waals surface area contributed by atoms with Gasteiger partial charge in [-0.3, -0.25) is 0 Å². The molecule has 2 aliphatic rings. The van der Waals surface area contributed by atoms with Crippen LogP contribution in [0.4, 0.5) is 0 Å².